The van der Waals surface area contributed by atoms with E-state index in [0.29, 0.717) is 22.3 Å². The second kappa shape index (κ2) is 29.1. The molecule has 0 spiro atoms. The lowest BCUT2D eigenvalue weighted by Gasteiger charge is -2.19. The number of hydrogen-bond acceptors (Lipinski definition) is 9. The van der Waals surface area contributed by atoms with Crippen LogP contribution >= 0.6 is 22.7 Å². The van der Waals surface area contributed by atoms with Gasteiger partial charge in [-0.2, -0.15) is 0 Å². The molecule has 0 aliphatic rings. The van der Waals surface area contributed by atoms with Crippen LogP contribution in [0.25, 0.3) is 32.8 Å². The van der Waals surface area contributed by atoms with Crippen molar-refractivity contribution in [2.24, 2.45) is 7.05 Å². The predicted molar refractivity (Wildman–Crippen MR) is 372 cm³/mol. The minimum absolute atomic E-state index is 0.0539. The highest BCUT2D eigenvalue weighted by Gasteiger charge is 2.24. The lowest BCUT2D eigenvalue weighted by atomic mass is 9.92. The lowest BCUT2D eigenvalue weighted by molar-refractivity contribution is 0.0685. The first-order valence-corrected chi connectivity index (χ1v) is 31.9. The molecule has 10 rings (SSSR count). The van der Waals surface area contributed by atoms with E-state index in [0.717, 1.165) is 38.9 Å². The molecular weight excluding hydrogens is 1150 g/mol. The van der Waals surface area contributed by atoms with E-state index in [-0.39, 0.29) is 43.6 Å². The molecule has 7 aromatic heterocycles. The number of carboxylic acid groups (broad SMARTS) is 3. The average molecular weight is 1250 g/mol. The standard InChI is InChI=1S/C14H19N.C13H14O3.C13H16O.C9H12O3.C9H12O2S.C9H14O.C9H14S/c1-10-6-7-12-11(8-10)9-13(15(12)5)14(2,3)4;1-13(2,3)11-7-8-4-5-9(12(14)15)6-10(8)16-11;1-9-5-6-11-10(7-9)8-12(14-11)13(2,3)4;2*1-9(2,3)7-4-6(5-12-7)8(10)11;2*1-7-5-6-8(10-7)9(2,3)4/h6-9H,1-5H3;4-7H,1-3H3,(H,14,15);5-8H,1-4H3;2*4-5H,1-3H3,(H,10,11);2*5-6H,1-4H3. The maximum absolute atomic E-state index is 10.8. The molecule has 0 radical (unpaired) electrons. The normalized spacial score (nSPS) is 12.0. The van der Waals surface area contributed by atoms with Gasteiger partial charge in [0.2, 0.25) is 0 Å². The number of carbonyl (C=O) groups is 3. The third-order valence-corrected chi connectivity index (χ3v) is 16.8. The summed E-state index contributed by atoms with van der Waals surface area (Å²) in [7, 11) is 2.15. The van der Waals surface area contributed by atoms with E-state index < -0.39 is 17.9 Å². The van der Waals surface area contributed by atoms with Crippen molar-refractivity contribution in [3.05, 3.63) is 198 Å². The van der Waals surface area contributed by atoms with Crippen molar-refractivity contribution in [1.82, 2.24) is 4.57 Å². The topological polar surface area (TPSA) is 169 Å². The number of hydrogen-bond donors (Lipinski definition) is 3. The summed E-state index contributed by atoms with van der Waals surface area (Å²) in [5, 5.41) is 31.3. The third kappa shape index (κ3) is 22.3. The Kier molecular flexibility index (Phi) is 24.2. The number of thiophene rings is 2. The van der Waals surface area contributed by atoms with Crippen molar-refractivity contribution >= 4 is 73.4 Å². The van der Waals surface area contributed by atoms with Crippen molar-refractivity contribution in [2.75, 3.05) is 0 Å². The van der Waals surface area contributed by atoms with Gasteiger partial charge in [-0.15, -0.1) is 22.7 Å². The summed E-state index contributed by atoms with van der Waals surface area (Å²) in [6, 6.07) is 36.0. The molecule has 0 aliphatic heterocycles. The van der Waals surface area contributed by atoms with Gasteiger partial charge in [0.1, 0.15) is 46.2 Å². The largest absolute Gasteiger partial charge is 0.478 e. The van der Waals surface area contributed by atoms with Crippen LogP contribution in [0.2, 0.25) is 0 Å². The number of rotatable bonds is 3. The van der Waals surface area contributed by atoms with Crippen molar-refractivity contribution in [2.45, 2.75) is 211 Å². The van der Waals surface area contributed by atoms with Gasteiger partial charge < -0.3 is 37.6 Å². The van der Waals surface area contributed by atoms with Crippen molar-refractivity contribution < 1.29 is 47.4 Å². The zero-order valence-corrected chi connectivity index (χ0v) is 59.6. The summed E-state index contributed by atoms with van der Waals surface area (Å²) in [6.45, 7) is 53.1. The fourth-order valence-electron chi connectivity index (χ4n) is 8.61. The van der Waals surface area contributed by atoms with E-state index in [1.54, 1.807) is 35.7 Å². The minimum Gasteiger partial charge on any atom is -0.478 e. The number of nitrogens with zero attached hydrogens (tertiary/aromatic N) is 1. The van der Waals surface area contributed by atoms with Crippen LogP contribution in [-0.2, 0) is 45.0 Å². The summed E-state index contributed by atoms with van der Waals surface area (Å²) in [5.74, 6) is 1.93. The van der Waals surface area contributed by atoms with Gasteiger partial charge in [0.25, 0.3) is 0 Å². The van der Waals surface area contributed by atoms with E-state index in [4.69, 9.17) is 33.0 Å². The molecule has 482 valence electrons. The number of aryl methyl sites for hydroxylation is 5. The molecule has 11 nitrogen and oxygen atoms in total. The Morgan fingerprint density at radius 3 is 1.30 bits per heavy atom. The summed E-state index contributed by atoms with van der Waals surface area (Å²) < 4.78 is 24.3. The van der Waals surface area contributed by atoms with Crippen molar-refractivity contribution in [3.63, 3.8) is 0 Å². The Hall–Kier alpha value is -7.35. The summed E-state index contributed by atoms with van der Waals surface area (Å²) in [6.07, 6.45) is 1.27. The highest BCUT2D eigenvalue weighted by atomic mass is 32.1. The molecule has 13 heteroatoms. The average Bonchev–Trinajstić information content (AvgIpc) is 2.26. The second-order valence-corrected chi connectivity index (χ2v) is 32.3. The third-order valence-electron chi connectivity index (χ3n) is 14.0. The van der Waals surface area contributed by atoms with Gasteiger partial charge in [-0.1, -0.05) is 175 Å². The fraction of sp³-hybridized carbons (Fsp3) is 0.434. The maximum Gasteiger partial charge on any atom is 0.338 e. The number of aromatic nitrogens is 1. The Morgan fingerprint density at radius 2 is 0.910 bits per heavy atom. The first-order chi connectivity index (χ1) is 40.6. The van der Waals surface area contributed by atoms with Crippen LogP contribution in [-0.4, -0.2) is 37.8 Å². The van der Waals surface area contributed by atoms with Crippen LogP contribution < -0.4 is 0 Å². The van der Waals surface area contributed by atoms with E-state index in [1.807, 2.05) is 63.3 Å². The number of carboxylic acids is 3. The van der Waals surface area contributed by atoms with Crippen LogP contribution in [0.5, 0.6) is 0 Å². The Labute approximate surface area is 538 Å². The van der Waals surface area contributed by atoms with Crippen LogP contribution in [0.1, 0.15) is 237 Å². The second-order valence-electron chi connectivity index (χ2n) is 30.1. The SMILES string of the molecule is CC(C)(C)c1cc(C(=O)O)co1.CC(C)(C)c1cc(C(=O)O)cs1.CC(C)(C)c1cc2ccc(C(=O)O)cc2o1.Cc1ccc(C(C)(C)C)o1.Cc1ccc(C(C)(C)C)s1.Cc1ccc2c(c1)cc(C(C)(C)C)n2C.Cc1ccc2oc(C(C)(C)C)cc2c1. The Balaban J connectivity index is 0.000000223. The highest BCUT2D eigenvalue weighted by Crippen LogP contribution is 2.34. The summed E-state index contributed by atoms with van der Waals surface area (Å²) in [4.78, 5) is 35.8. The molecule has 3 N–H and O–H groups in total. The molecule has 0 saturated heterocycles. The van der Waals surface area contributed by atoms with Gasteiger partial charge in [-0.3, -0.25) is 0 Å². The molecule has 10 aromatic rings. The molecule has 7 heterocycles. The molecule has 0 saturated carbocycles. The highest BCUT2D eigenvalue weighted by molar-refractivity contribution is 7.12. The molecule has 89 heavy (non-hydrogen) atoms. The van der Waals surface area contributed by atoms with Crippen LogP contribution in [0.15, 0.2) is 139 Å². The van der Waals surface area contributed by atoms with Gasteiger partial charge in [-0.25, -0.2) is 14.4 Å². The van der Waals surface area contributed by atoms with Crippen molar-refractivity contribution in [3.8, 4) is 0 Å². The van der Waals surface area contributed by atoms with Crippen LogP contribution in [0.3, 0.4) is 0 Å². The fourth-order valence-corrected chi connectivity index (χ4v) is 10.5. The first-order valence-electron chi connectivity index (χ1n) is 30.2. The van der Waals surface area contributed by atoms with E-state index in [9.17, 15) is 14.4 Å². The smallest absolute Gasteiger partial charge is 0.338 e. The Bertz CT molecular complexity index is 3830. The predicted octanol–water partition coefficient (Wildman–Crippen LogP) is 22.5. The van der Waals surface area contributed by atoms with Gasteiger partial charge in [0, 0.05) is 81.5 Å². The molecular formula is C76H101NO10S2. The van der Waals surface area contributed by atoms with Gasteiger partial charge >= 0.3 is 17.9 Å². The summed E-state index contributed by atoms with van der Waals surface area (Å²) in [5.41, 5.74) is 8.43. The van der Waals surface area contributed by atoms with E-state index >= 15 is 0 Å². The molecule has 0 atom stereocenters. The van der Waals surface area contributed by atoms with Gasteiger partial charge in [-0.05, 0) is 130 Å². The molecule has 0 bridgehead atoms. The number of fused-ring (bicyclic) bond motifs is 3. The molecule has 0 unspecified atom stereocenters. The van der Waals surface area contributed by atoms with Crippen LogP contribution in [0, 0.1) is 27.7 Å². The van der Waals surface area contributed by atoms with Gasteiger partial charge in [0.15, 0.2) is 0 Å². The molecule has 3 aromatic carbocycles. The van der Waals surface area contributed by atoms with Gasteiger partial charge in [0.05, 0.1) is 16.7 Å². The Morgan fingerprint density at radius 1 is 0.404 bits per heavy atom. The lowest BCUT2D eigenvalue weighted by Crippen LogP contribution is -2.15. The zero-order chi connectivity index (χ0) is 67.7. The quantitative estimate of drug-likeness (QED) is 0.155. The van der Waals surface area contributed by atoms with Crippen molar-refractivity contribution in [1.29, 1.82) is 0 Å². The first kappa shape index (κ1) is 74.1. The minimum atomic E-state index is -0.950. The summed E-state index contributed by atoms with van der Waals surface area (Å²) >= 11 is 3.40. The van der Waals surface area contributed by atoms with Crippen LogP contribution in [0.4, 0.5) is 0 Å². The molecule has 0 fully saturated rings. The zero-order valence-electron chi connectivity index (χ0n) is 58.0. The monoisotopic (exact) mass is 1250 g/mol. The number of furan rings is 4. The number of aromatic carboxylic acids is 3. The molecule has 0 amide bonds. The number of benzene rings is 3. The molecule has 0 aliphatic carbocycles. The van der Waals surface area contributed by atoms with E-state index in [2.05, 4.69) is 212 Å². The maximum atomic E-state index is 10.8. The van der Waals surface area contributed by atoms with E-state index in [1.165, 1.54) is 60.5 Å².